The molecule has 1 aromatic heterocycles. The first kappa shape index (κ1) is 13.6. The number of carbonyl (C=O) groups is 1. The Hall–Kier alpha value is -0.870. The molecule has 2 heterocycles. The number of rotatable bonds is 3. The van der Waals surface area contributed by atoms with Crippen molar-refractivity contribution in [3.8, 4) is 0 Å². The van der Waals surface area contributed by atoms with Crippen LogP contribution in [0.2, 0.25) is 0 Å². The number of fused-ring (bicyclic) bond motifs is 1. The zero-order valence-electron chi connectivity index (χ0n) is 11.3. The Bertz CT molecular complexity index is 429. The van der Waals surface area contributed by atoms with Gasteiger partial charge in [0.2, 0.25) is 5.91 Å². The number of amides is 1. The second-order valence-corrected chi connectivity index (χ2v) is 6.17. The highest BCUT2D eigenvalue weighted by Gasteiger charge is 2.32. The zero-order valence-corrected chi connectivity index (χ0v) is 12.2. The SMILES string of the molecule is CC[C@H](C)[C@H](N)C(=O)N1CCc2sccc2C1C. The van der Waals surface area contributed by atoms with Crippen LogP contribution in [0.25, 0.3) is 0 Å². The van der Waals surface area contributed by atoms with E-state index in [0.717, 1.165) is 19.4 Å². The Balaban J connectivity index is 2.14. The molecule has 18 heavy (non-hydrogen) atoms. The second-order valence-electron chi connectivity index (χ2n) is 5.17. The molecule has 1 aliphatic rings. The Morgan fingerprint density at radius 2 is 2.39 bits per heavy atom. The molecule has 0 spiro atoms. The van der Waals surface area contributed by atoms with Crippen LogP contribution >= 0.6 is 11.3 Å². The molecule has 1 aliphatic heterocycles. The highest BCUT2D eigenvalue weighted by atomic mass is 32.1. The van der Waals surface area contributed by atoms with Crippen molar-refractivity contribution in [1.29, 1.82) is 0 Å². The van der Waals surface area contributed by atoms with Gasteiger partial charge in [-0.1, -0.05) is 20.3 Å². The van der Waals surface area contributed by atoms with Crippen LogP contribution in [0, 0.1) is 5.92 Å². The van der Waals surface area contributed by atoms with Gasteiger partial charge in [-0.15, -0.1) is 11.3 Å². The van der Waals surface area contributed by atoms with E-state index in [-0.39, 0.29) is 23.9 Å². The van der Waals surface area contributed by atoms with Crippen LogP contribution in [0.4, 0.5) is 0 Å². The standard InChI is InChI=1S/C14H22N2OS/c1-4-9(2)13(15)14(17)16-7-5-12-11(10(16)3)6-8-18-12/h6,8-10,13H,4-5,7,15H2,1-3H3/t9-,10?,13-/m0/s1. The van der Waals surface area contributed by atoms with E-state index in [1.807, 2.05) is 11.8 Å². The fourth-order valence-corrected chi connectivity index (χ4v) is 3.46. The topological polar surface area (TPSA) is 46.3 Å². The molecule has 0 saturated heterocycles. The highest BCUT2D eigenvalue weighted by Crippen LogP contribution is 2.33. The predicted octanol–water partition coefficient (Wildman–Crippen LogP) is 2.57. The highest BCUT2D eigenvalue weighted by molar-refractivity contribution is 7.10. The molecule has 0 fully saturated rings. The van der Waals surface area contributed by atoms with E-state index in [1.165, 1.54) is 10.4 Å². The predicted molar refractivity (Wildman–Crippen MR) is 75.6 cm³/mol. The number of hydrogen-bond donors (Lipinski definition) is 1. The van der Waals surface area contributed by atoms with Crippen molar-refractivity contribution < 1.29 is 4.79 Å². The lowest BCUT2D eigenvalue weighted by Gasteiger charge is -2.36. The maximum atomic E-state index is 12.4. The van der Waals surface area contributed by atoms with E-state index in [4.69, 9.17) is 5.73 Å². The molecular formula is C14H22N2OS. The fourth-order valence-electron chi connectivity index (χ4n) is 2.50. The first-order valence-electron chi connectivity index (χ1n) is 6.68. The van der Waals surface area contributed by atoms with Gasteiger partial charge in [-0.25, -0.2) is 0 Å². The van der Waals surface area contributed by atoms with E-state index in [9.17, 15) is 4.79 Å². The Morgan fingerprint density at radius 3 is 3.06 bits per heavy atom. The van der Waals surface area contributed by atoms with Crippen molar-refractivity contribution in [2.24, 2.45) is 11.7 Å². The van der Waals surface area contributed by atoms with Gasteiger partial charge in [0.25, 0.3) is 0 Å². The molecule has 4 heteroatoms. The third-order valence-electron chi connectivity index (χ3n) is 4.10. The molecule has 0 bridgehead atoms. The molecule has 1 unspecified atom stereocenters. The van der Waals surface area contributed by atoms with E-state index in [0.29, 0.717) is 0 Å². The molecule has 3 atom stereocenters. The van der Waals surface area contributed by atoms with Crippen LogP contribution in [0.1, 0.15) is 43.7 Å². The number of hydrogen-bond acceptors (Lipinski definition) is 3. The summed E-state index contributed by atoms with van der Waals surface area (Å²) in [5.41, 5.74) is 7.37. The van der Waals surface area contributed by atoms with Crippen molar-refractivity contribution >= 4 is 17.2 Å². The minimum absolute atomic E-state index is 0.105. The summed E-state index contributed by atoms with van der Waals surface area (Å²) in [6.45, 7) is 7.03. The largest absolute Gasteiger partial charge is 0.334 e. The van der Waals surface area contributed by atoms with Crippen molar-refractivity contribution in [2.45, 2.75) is 45.7 Å². The molecule has 3 nitrogen and oxygen atoms in total. The monoisotopic (exact) mass is 266 g/mol. The summed E-state index contributed by atoms with van der Waals surface area (Å²) in [5.74, 6) is 0.349. The average Bonchev–Trinajstić information content (AvgIpc) is 2.86. The van der Waals surface area contributed by atoms with Gasteiger partial charge in [0.1, 0.15) is 0 Å². The Labute approximate surface area is 113 Å². The lowest BCUT2D eigenvalue weighted by atomic mass is 9.95. The van der Waals surface area contributed by atoms with Gasteiger partial charge >= 0.3 is 0 Å². The lowest BCUT2D eigenvalue weighted by Crippen LogP contribution is -2.49. The van der Waals surface area contributed by atoms with E-state index >= 15 is 0 Å². The van der Waals surface area contributed by atoms with Gasteiger partial charge in [0, 0.05) is 11.4 Å². The lowest BCUT2D eigenvalue weighted by molar-refractivity contribution is -0.136. The van der Waals surface area contributed by atoms with Gasteiger partial charge < -0.3 is 10.6 Å². The van der Waals surface area contributed by atoms with E-state index in [2.05, 4.69) is 25.3 Å². The molecule has 0 aromatic carbocycles. The maximum absolute atomic E-state index is 12.4. The molecule has 2 rings (SSSR count). The third-order valence-corrected chi connectivity index (χ3v) is 5.10. The molecule has 2 N–H and O–H groups in total. The smallest absolute Gasteiger partial charge is 0.240 e. The fraction of sp³-hybridized carbons (Fsp3) is 0.643. The Morgan fingerprint density at radius 1 is 1.67 bits per heavy atom. The normalized spacial score (nSPS) is 22.4. The van der Waals surface area contributed by atoms with Gasteiger partial charge in [0.05, 0.1) is 12.1 Å². The molecule has 0 radical (unpaired) electrons. The van der Waals surface area contributed by atoms with Gasteiger partial charge in [0.15, 0.2) is 0 Å². The van der Waals surface area contributed by atoms with Crippen LogP contribution in [-0.2, 0) is 11.2 Å². The van der Waals surface area contributed by atoms with Crippen molar-refractivity contribution in [2.75, 3.05) is 6.54 Å². The van der Waals surface area contributed by atoms with Crippen molar-refractivity contribution in [1.82, 2.24) is 4.90 Å². The summed E-state index contributed by atoms with van der Waals surface area (Å²) in [4.78, 5) is 15.8. The van der Waals surface area contributed by atoms with Crippen LogP contribution < -0.4 is 5.73 Å². The zero-order chi connectivity index (χ0) is 13.3. The van der Waals surface area contributed by atoms with E-state index < -0.39 is 0 Å². The molecule has 100 valence electrons. The number of nitrogens with zero attached hydrogens (tertiary/aromatic N) is 1. The first-order valence-corrected chi connectivity index (χ1v) is 7.56. The average molecular weight is 266 g/mol. The Kier molecular flexibility index (Phi) is 4.07. The van der Waals surface area contributed by atoms with Gasteiger partial charge in [-0.2, -0.15) is 0 Å². The number of nitrogens with two attached hydrogens (primary N) is 1. The summed E-state index contributed by atoms with van der Waals surface area (Å²) >= 11 is 1.79. The summed E-state index contributed by atoms with van der Waals surface area (Å²) in [7, 11) is 0. The third kappa shape index (κ3) is 2.31. The maximum Gasteiger partial charge on any atom is 0.240 e. The molecule has 0 aliphatic carbocycles. The molecule has 1 aromatic rings. The summed E-state index contributed by atoms with van der Waals surface area (Å²) in [6.07, 6.45) is 1.91. The number of thiophene rings is 1. The first-order chi connectivity index (χ1) is 8.56. The minimum Gasteiger partial charge on any atom is -0.334 e. The minimum atomic E-state index is -0.363. The van der Waals surface area contributed by atoms with Gasteiger partial charge in [-0.3, -0.25) is 4.79 Å². The second kappa shape index (κ2) is 5.41. The summed E-state index contributed by atoms with van der Waals surface area (Å²) in [6, 6.07) is 1.94. The van der Waals surface area contributed by atoms with Crippen LogP contribution in [-0.4, -0.2) is 23.4 Å². The molecule has 1 amide bonds. The molecular weight excluding hydrogens is 244 g/mol. The summed E-state index contributed by atoms with van der Waals surface area (Å²) < 4.78 is 0. The molecule has 0 saturated carbocycles. The van der Waals surface area contributed by atoms with Gasteiger partial charge in [-0.05, 0) is 36.3 Å². The van der Waals surface area contributed by atoms with Crippen molar-refractivity contribution in [3.63, 3.8) is 0 Å². The van der Waals surface area contributed by atoms with Crippen molar-refractivity contribution in [3.05, 3.63) is 21.9 Å². The van der Waals surface area contributed by atoms with Crippen LogP contribution in [0.15, 0.2) is 11.4 Å². The van der Waals surface area contributed by atoms with Crippen LogP contribution in [0.3, 0.4) is 0 Å². The van der Waals surface area contributed by atoms with Crippen LogP contribution in [0.5, 0.6) is 0 Å². The quantitative estimate of drug-likeness (QED) is 0.914. The van der Waals surface area contributed by atoms with E-state index in [1.54, 1.807) is 11.3 Å². The number of carbonyl (C=O) groups excluding carboxylic acids is 1. The summed E-state index contributed by atoms with van der Waals surface area (Å²) in [5, 5.41) is 2.11.